The minimum absolute atomic E-state index is 0.0675. The molecule has 0 amide bonds. The molecule has 0 spiro atoms. The van der Waals surface area contributed by atoms with E-state index >= 15 is 0 Å². The third-order valence-corrected chi connectivity index (χ3v) is 5.47. The van der Waals surface area contributed by atoms with Gasteiger partial charge in [0.05, 0.1) is 0 Å². The van der Waals surface area contributed by atoms with E-state index in [0.717, 1.165) is 0 Å². The van der Waals surface area contributed by atoms with E-state index in [1.54, 1.807) is 0 Å². The summed E-state index contributed by atoms with van der Waals surface area (Å²) in [5.41, 5.74) is 15.0. The van der Waals surface area contributed by atoms with E-state index in [4.69, 9.17) is 25.0 Å². The zero-order valence-electron chi connectivity index (χ0n) is 12.9. The van der Waals surface area contributed by atoms with Gasteiger partial charge in [0.15, 0.2) is 0 Å². The molecule has 2 aromatic heterocycles. The van der Waals surface area contributed by atoms with E-state index in [2.05, 4.69) is 25.0 Å². The molecule has 1 unspecified atom stereocenters. The number of ether oxygens (including phenoxy) is 1. The number of hydrogen-bond donors (Lipinski definition) is 3. The zero-order chi connectivity index (χ0) is 17.8. The maximum absolute atomic E-state index is 10.7. The van der Waals surface area contributed by atoms with Gasteiger partial charge < -0.3 is 0 Å². The Balaban J connectivity index is 1.81. The average Bonchev–Trinajstić information content (AvgIpc) is 3.06. The summed E-state index contributed by atoms with van der Waals surface area (Å²) >= 11 is 0. The standard InChI is InChI=1S/C10H14BN8O5P/c11-25(21)22-1-3-6(24-25)5(20)9(23-3)19-8-4(7(12)14-2-15-8)16-10(19)17-18-13/h2-3,5-6,9,20-21,25H,1,11H2,(H2,12,14,15)/t3-,5?,6-,9-/m1/s1. The molecule has 2 saturated heterocycles. The monoisotopic (exact) mass is 368 g/mol. The van der Waals surface area contributed by atoms with Gasteiger partial charge in [0.2, 0.25) is 0 Å². The van der Waals surface area contributed by atoms with Crippen LogP contribution in [0.1, 0.15) is 6.23 Å². The van der Waals surface area contributed by atoms with E-state index in [1.165, 1.54) is 18.5 Å². The molecule has 4 rings (SSSR count). The van der Waals surface area contributed by atoms with Crippen molar-refractivity contribution in [1.29, 1.82) is 0 Å². The average molecular weight is 368 g/mol. The molecule has 4 atom stereocenters. The SMILES string of the molecule is B[PH]1(O)OC[C@H]2O[C@@H](n3c(N=[N+]=[N-])nc4c(N)ncnc43)C(O)[C@@H]2O1. The van der Waals surface area contributed by atoms with Gasteiger partial charge >= 0.3 is 140 Å². The van der Waals surface area contributed by atoms with Crippen molar-refractivity contribution in [1.82, 2.24) is 19.5 Å². The van der Waals surface area contributed by atoms with Gasteiger partial charge in [-0.2, -0.15) is 0 Å². The number of imidazole rings is 1. The predicted octanol–water partition coefficient (Wildman–Crippen LogP) is -0.941. The Kier molecular flexibility index (Phi) is 3.78. The summed E-state index contributed by atoms with van der Waals surface area (Å²) in [7, 11) is -1.86. The van der Waals surface area contributed by atoms with Gasteiger partial charge in [-0.15, -0.1) is 0 Å². The van der Waals surface area contributed by atoms with Crippen LogP contribution >= 0.6 is 7.82 Å². The van der Waals surface area contributed by atoms with Crippen LogP contribution in [0.25, 0.3) is 21.6 Å². The second-order valence-electron chi connectivity index (χ2n) is 5.75. The van der Waals surface area contributed by atoms with E-state index in [9.17, 15) is 10.00 Å². The number of hydrogen-bond acceptors (Lipinski definition) is 10. The number of rotatable bonds is 2. The van der Waals surface area contributed by atoms with Crippen molar-refractivity contribution < 1.29 is 23.8 Å². The van der Waals surface area contributed by atoms with Crippen molar-refractivity contribution in [3.8, 4) is 0 Å². The first kappa shape index (κ1) is 16.4. The Bertz CT molecular complexity index is 888. The van der Waals surface area contributed by atoms with Crippen LogP contribution in [0.5, 0.6) is 0 Å². The first-order valence-corrected chi connectivity index (χ1v) is 9.59. The summed E-state index contributed by atoms with van der Waals surface area (Å²) in [5, 5.41) is 14.2. The second kappa shape index (κ2) is 5.75. The topological polar surface area (TPSA) is 187 Å². The first-order valence-electron chi connectivity index (χ1n) is 7.32. The van der Waals surface area contributed by atoms with Gasteiger partial charge in [0, 0.05) is 0 Å². The van der Waals surface area contributed by atoms with E-state index in [-0.39, 0.29) is 29.5 Å². The van der Waals surface area contributed by atoms with E-state index in [1.807, 2.05) is 0 Å². The molecule has 0 aliphatic carbocycles. The number of nitrogens with two attached hydrogens (primary N) is 1. The Morgan fingerprint density at radius 3 is 3.08 bits per heavy atom. The fourth-order valence-electron chi connectivity index (χ4n) is 3.00. The Morgan fingerprint density at radius 1 is 1.52 bits per heavy atom. The molecule has 25 heavy (non-hydrogen) atoms. The van der Waals surface area contributed by atoms with Crippen molar-refractivity contribution in [2.24, 2.45) is 5.11 Å². The fraction of sp³-hybridized carbons (Fsp3) is 0.500. The van der Waals surface area contributed by atoms with Crippen molar-refractivity contribution in [2.45, 2.75) is 24.5 Å². The summed E-state index contributed by atoms with van der Waals surface area (Å²) in [4.78, 5) is 24.8. The van der Waals surface area contributed by atoms with Crippen LogP contribution in [0.3, 0.4) is 0 Å². The van der Waals surface area contributed by atoms with Gasteiger partial charge in [-0.25, -0.2) is 0 Å². The van der Waals surface area contributed by atoms with E-state index in [0.29, 0.717) is 0 Å². The van der Waals surface area contributed by atoms with Crippen LogP contribution in [0.15, 0.2) is 11.4 Å². The quantitative estimate of drug-likeness (QED) is 0.198. The summed E-state index contributed by atoms with van der Waals surface area (Å²) in [6.07, 6.45) is -2.36. The molecule has 4 N–H and O–H groups in total. The molecule has 2 aliphatic heterocycles. The normalized spacial score (nSPS) is 32.1. The Morgan fingerprint density at radius 2 is 2.32 bits per heavy atom. The number of nitrogens with zero attached hydrogens (tertiary/aromatic N) is 7. The molecular formula is C10H14BN8O5P. The molecule has 15 heteroatoms. The van der Waals surface area contributed by atoms with E-state index < -0.39 is 32.4 Å². The van der Waals surface area contributed by atoms with Crippen LogP contribution in [0.2, 0.25) is 0 Å². The molecule has 4 heterocycles. The van der Waals surface area contributed by atoms with Gasteiger partial charge in [-0.05, 0) is 0 Å². The maximum atomic E-state index is 10.7. The number of aromatic nitrogens is 4. The van der Waals surface area contributed by atoms with Crippen LogP contribution in [0.4, 0.5) is 11.8 Å². The number of fused-ring (bicyclic) bond motifs is 2. The Hall–Kier alpha value is -2.05. The zero-order valence-corrected chi connectivity index (χ0v) is 13.9. The molecule has 0 radical (unpaired) electrons. The van der Waals surface area contributed by atoms with Crippen LogP contribution in [0, 0.1) is 0 Å². The molecule has 2 fully saturated rings. The molecular weight excluding hydrogens is 354 g/mol. The molecule has 13 nitrogen and oxygen atoms in total. The van der Waals surface area contributed by atoms with Crippen LogP contribution in [-0.2, 0) is 13.8 Å². The molecule has 2 aliphatic rings. The number of aliphatic hydroxyl groups excluding tert-OH is 1. The molecule has 0 aromatic carbocycles. The van der Waals surface area contributed by atoms with Crippen molar-refractivity contribution in [2.75, 3.05) is 12.3 Å². The van der Waals surface area contributed by atoms with Gasteiger partial charge in [0.25, 0.3) is 0 Å². The predicted molar refractivity (Wildman–Crippen MR) is 88.4 cm³/mol. The summed E-state index contributed by atoms with van der Waals surface area (Å²) < 4.78 is 17.9. The minimum atomic E-state index is -3.32. The third-order valence-electron chi connectivity index (χ3n) is 4.05. The van der Waals surface area contributed by atoms with Crippen LogP contribution < -0.4 is 5.73 Å². The summed E-state index contributed by atoms with van der Waals surface area (Å²) in [6, 6.07) is 0. The van der Waals surface area contributed by atoms with Crippen molar-refractivity contribution in [3.05, 3.63) is 16.8 Å². The number of azide groups is 1. The molecule has 2 aromatic rings. The van der Waals surface area contributed by atoms with Crippen molar-refractivity contribution >= 4 is 38.3 Å². The molecule has 0 saturated carbocycles. The van der Waals surface area contributed by atoms with Crippen molar-refractivity contribution in [3.63, 3.8) is 0 Å². The van der Waals surface area contributed by atoms with Gasteiger partial charge in [-0.3, -0.25) is 0 Å². The first-order chi connectivity index (χ1) is 11.9. The second-order valence-corrected chi connectivity index (χ2v) is 8.07. The Labute approximate surface area is 141 Å². The van der Waals surface area contributed by atoms with Gasteiger partial charge in [-0.1, -0.05) is 0 Å². The number of aliphatic hydroxyl groups is 1. The summed E-state index contributed by atoms with van der Waals surface area (Å²) in [5.74, 6) is 0.00953. The third kappa shape index (κ3) is 2.60. The molecule has 0 bridgehead atoms. The number of nitrogen functional groups attached to an aromatic ring is 1. The van der Waals surface area contributed by atoms with Crippen LogP contribution in [-0.4, -0.2) is 62.0 Å². The fourth-order valence-corrected chi connectivity index (χ4v) is 4.33. The van der Waals surface area contributed by atoms with Gasteiger partial charge in [0.1, 0.15) is 0 Å². The summed E-state index contributed by atoms with van der Waals surface area (Å²) in [6.45, 7) is 0.0675. The number of anilines is 1. The molecule has 132 valence electrons.